The molecule has 3 rings (SSSR count). The fourth-order valence-electron chi connectivity index (χ4n) is 3.11. The van der Waals surface area contributed by atoms with Crippen molar-refractivity contribution in [3.05, 3.63) is 73.7 Å². The second-order valence-corrected chi connectivity index (χ2v) is 9.22. The van der Waals surface area contributed by atoms with E-state index in [1.165, 1.54) is 6.92 Å². The normalized spacial score (nSPS) is 11.2. The zero-order valence-electron chi connectivity index (χ0n) is 19.0. The smallest absolute Gasteiger partial charge is 0.280 e. The van der Waals surface area contributed by atoms with E-state index < -0.39 is 36.1 Å². The second-order valence-electron chi connectivity index (χ2n) is 7.45. The number of sulfonamides is 1. The Bertz CT molecular complexity index is 1360. The van der Waals surface area contributed by atoms with Gasteiger partial charge in [0.2, 0.25) is 10.0 Å². The van der Waals surface area contributed by atoms with E-state index in [4.69, 9.17) is 0 Å². The Morgan fingerprint density at radius 1 is 0.886 bits per heavy atom. The summed E-state index contributed by atoms with van der Waals surface area (Å²) >= 11 is 0. The molecule has 184 valence electrons. The van der Waals surface area contributed by atoms with Crippen LogP contribution in [0.25, 0.3) is 0 Å². The number of nitrogens with zero attached hydrogens (tertiary/aromatic N) is 5. The van der Waals surface area contributed by atoms with Crippen LogP contribution >= 0.6 is 0 Å². The largest absolute Gasteiger partial charge is 0.369 e. The van der Waals surface area contributed by atoms with Crippen molar-refractivity contribution in [3.63, 3.8) is 0 Å². The molecule has 0 fully saturated rings. The van der Waals surface area contributed by atoms with Crippen LogP contribution in [0.3, 0.4) is 0 Å². The van der Waals surface area contributed by atoms with Crippen molar-refractivity contribution in [3.8, 4) is 0 Å². The van der Waals surface area contributed by atoms with Crippen molar-refractivity contribution in [1.29, 1.82) is 0 Å². The van der Waals surface area contributed by atoms with E-state index in [9.17, 15) is 28.6 Å². The average Bonchev–Trinajstić information content (AvgIpc) is 2.76. The number of aryl methyl sites for hydroxylation is 2. The first-order valence-electron chi connectivity index (χ1n) is 10.2. The molecule has 2 aromatic heterocycles. The van der Waals surface area contributed by atoms with Crippen LogP contribution in [0.15, 0.2) is 41.4 Å². The molecule has 0 aliphatic rings. The molecule has 0 radical (unpaired) electrons. The molecule has 0 spiro atoms. The van der Waals surface area contributed by atoms with Crippen LogP contribution in [-0.2, 0) is 10.0 Å². The van der Waals surface area contributed by atoms with Gasteiger partial charge in [0.25, 0.3) is 11.4 Å². The number of pyridine rings is 1. The van der Waals surface area contributed by atoms with Crippen LogP contribution in [0.1, 0.15) is 17.0 Å². The number of nitrogens with one attached hydrogen (secondary N) is 3. The summed E-state index contributed by atoms with van der Waals surface area (Å²) in [6.07, 6.45) is 1.66. The monoisotopic (exact) mass is 502 g/mol. The van der Waals surface area contributed by atoms with Gasteiger partial charge >= 0.3 is 0 Å². The molecular formula is C20H22N8O6S. The molecule has 0 saturated heterocycles. The number of nitro groups is 2. The molecule has 0 amide bonds. The van der Waals surface area contributed by atoms with Gasteiger partial charge in [0.1, 0.15) is 28.8 Å². The first-order chi connectivity index (χ1) is 16.5. The zero-order chi connectivity index (χ0) is 25.8. The lowest BCUT2D eigenvalue weighted by molar-refractivity contribution is -0.395. The van der Waals surface area contributed by atoms with Gasteiger partial charge in [-0.3, -0.25) is 20.2 Å². The van der Waals surface area contributed by atoms with Crippen LogP contribution in [0.5, 0.6) is 0 Å². The van der Waals surface area contributed by atoms with E-state index in [1.54, 1.807) is 19.2 Å². The molecular weight excluding hydrogens is 480 g/mol. The van der Waals surface area contributed by atoms with Gasteiger partial charge in [0, 0.05) is 37.5 Å². The summed E-state index contributed by atoms with van der Waals surface area (Å²) in [5.74, 6) is 1.97. The highest BCUT2D eigenvalue weighted by Crippen LogP contribution is 2.31. The van der Waals surface area contributed by atoms with Crippen molar-refractivity contribution >= 4 is 38.9 Å². The van der Waals surface area contributed by atoms with E-state index in [0.29, 0.717) is 23.3 Å². The number of hydrogen-bond acceptors (Lipinski definition) is 11. The van der Waals surface area contributed by atoms with Gasteiger partial charge in [-0.05, 0) is 38.5 Å². The second kappa shape index (κ2) is 10.4. The summed E-state index contributed by atoms with van der Waals surface area (Å²) in [6.45, 7) is 4.79. The topological polar surface area (TPSA) is 195 Å². The predicted octanol–water partition coefficient (Wildman–Crippen LogP) is 2.75. The Hall–Kier alpha value is -4.24. The molecule has 0 aliphatic carbocycles. The molecule has 35 heavy (non-hydrogen) atoms. The molecule has 0 unspecified atom stereocenters. The number of nitro benzene ring substituents is 2. The van der Waals surface area contributed by atoms with Crippen LogP contribution in [-0.4, -0.2) is 46.3 Å². The van der Waals surface area contributed by atoms with E-state index >= 15 is 0 Å². The van der Waals surface area contributed by atoms with Crippen molar-refractivity contribution < 1.29 is 18.3 Å². The van der Waals surface area contributed by atoms with Crippen molar-refractivity contribution in [1.82, 2.24) is 19.7 Å². The predicted molar refractivity (Wildman–Crippen MR) is 127 cm³/mol. The third-order valence-electron chi connectivity index (χ3n) is 4.76. The highest BCUT2D eigenvalue weighted by Gasteiger charge is 2.27. The van der Waals surface area contributed by atoms with Crippen LogP contribution in [0.4, 0.5) is 28.8 Å². The van der Waals surface area contributed by atoms with Crippen molar-refractivity contribution in [2.75, 3.05) is 23.7 Å². The lowest BCUT2D eigenvalue weighted by Crippen LogP contribution is -2.29. The maximum Gasteiger partial charge on any atom is 0.280 e. The molecule has 0 bridgehead atoms. The van der Waals surface area contributed by atoms with Gasteiger partial charge in [-0.15, -0.1) is 0 Å². The zero-order valence-corrected chi connectivity index (χ0v) is 19.8. The number of rotatable bonds is 10. The summed E-state index contributed by atoms with van der Waals surface area (Å²) in [6, 6.07) is 6.92. The fourth-order valence-corrected chi connectivity index (χ4v) is 4.18. The number of anilines is 3. The average molecular weight is 503 g/mol. The maximum atomic E-state index is 12.6. The van der Waals surface area contributed by atoms with Crippen LogP contribution < -0.4 is 15.4 Å². The Morgan fingerprint density at radius 3 is 2.11 bits per heavy atom. The highest BCUT2D eigenvalue weighted by molar-refractivity contribution is 7.89. The molecule has 3 aromatic rings. The van der Waals surface area contributed by atoms with Crippen molar-refractivity contribution in [2.24, 2.45) is 0 Å². The van der Waals surface area contributed by atoms with Gasteiger partial charge < -0.3 is 10.6 Å². The van der Waals surface area contributed by atoms with Crippen molar-refractivity contribution in [2.45, 2.75) is 25.7 Å². The van der Waals surface area contributed by atoms with E-state index in [0.717, 1.165) is 17.7 Å². The third-order valence-corrected chi connectivity index (χ3v) is 6.20. The summed E-state index contributed by atoms with van der Waals surface area (Å²) in [5, 5.41) is 28.5. The fraction of sp³-hybridized carbons (Fsp3) is 0.250. The van der Waals surface area contributed by atoms with Crippen LogP contribution in [0, 0.1) is 41.0 Å². The summed E-state index contributed by atoms with van der Waals surface area (Å²) in [5.41, 5.74) is -0.525. The summed E-state index contributed by atoms with van der Waals surface area (Å²) in [4.78, 5) is 32.9. The number of benzene rings is 1. The molecule has 1 aromatic carbocycles. The van der Waals surface area contributed by atoms with Crippen LogP contribution in [0.2, 0.25) is 0 Å². The molecule has 14 nitrogen and oxygen atoms in total. The Kier molecular flexibility index (Phi) is 7.51. The minimum atomic E-state index is -4.26. The quantitative estimate of drug-likeness (QED) is 0.209. The molecule has 3 N–H and O–H groups in total. The van der Waals surface area contributed by atoms with Gasteiger partial charge in [-0.2, -0.15) is 0 Å². The number of hydrogen-bond donors (Lipinski definition) is 3. The SMILES string of the molecule is Cc1ccnc(Nc2cc(NCCNS(=O)(=O)c3cc([N+](=O)[O-])c(C)c([N+](=O)[O-])c3)nc(C)n2)c1. The first kappa shape index (κ1) is 25.4. The van der Waals surface area contributed by atoms with Gasteiger partial charge in [-0.1, -0.05) is 0 Å². The van der Waals surface area contributed by atoms with E-state index in [2.05, 4.69) is 30.3 Å². The molecule has 0 atom stereocenters. The standard InChI is InChI=1S/C20H22N8O6S/c1-12-4-5-21-18(8-12)26-20-11-19(24-14(3)25-20)22-6-7-23-35(33,34)15-9-16(27(29)30)13(2)17(10-15)28(31)32/h4-5,8-11,23H,6-7H2,1-3H3,(H2,21,22,24,25,26). The molecule has 2 heterocycles. The minimum Gasteiger partial charge on any atom is -0.369 e. The molecule has 0 aliphatic heterocycles. The Balaban J connectivity index is 1.68. The highest BCUT2D eigenvalue weighted by atomic mass is 32.2. The molecule has 0 saturated carbocycles. The number of aromatic nitrogens is 3. The summed E-state index contributed by atoms with van der Waals surface area (Å²) < 4.78 is 27.5. The van der Waals surface area contributed by atoms with E-state index in [-0.39, 0.29) is 18.7 Å². The summed E-state index contributed by atoms with van der Waals surface area (Å²) in [7, 11) is -4.26. The molecule has 15 heteroatoms. The lowest BCUT2D eigenvalue weighted by atomic mass is 10.1. The lowest BCUT2D eigenvalue weighted by Gasteiger charge is -2.11. The van der Waals surface area contributed by atoms with Gasteiger partial charge in [0.05, 0.1) is 14.7 Å². The Labute approximate surface area is 200 Å². The van der Waals surface area contributed by atoms with Gasteiger partial charge in [0.15, 0.2) is 0 Å². The third kappa shape index (κ3) is 6.42. The van der Waals surface area contributed by atoms with Gasteiger partial charge in [-0.25, -0.2) is 28.1 Å². The first-order valence-corrected chi connectivity index (χ1v) is 11.7. The Morgan fingerprint density at radius 2 is 1.51 bits per heavy atom. The maximum absolute atomic E-state index is 12.6. The van der Waals surface area contributed by atoms with E-state index in [1.807, 2.05) is 19.1 Å². The minimum absolute atomic E-state index is 0.105.